The molecule has 1 heterocycles. The molecular formula is C24H24N2O5S. The van der Waals surface area contributed by atoms with E-state index in [0.29, 0.717) is 35.4 Å². The van der Waals surface area contributed by atoms with E-state index < -0.39 is 5.97 Å². The summed E-state index contributed by atoms with van der Waals surface area (Å²) in [6.45, 7) is 4.60. The van der Waals surface area contributed by atoms with Gasteiger partial charge in [-0.25, -0.2) is 9.78 Å². The summed E-state index contributed by atoms with van der Waals surface area (Å²) in [6, 6.07) is 14.6. The molecule has 0 aliphatic heterocycles. The van der Waals surface area contributed by atoms with Gasteiger partial charge in [-0.1, -0.05) is 42.5 Å². The summed E-state index contributed by atoms with van der Waals surface area (Å²) in [5.74, 6) is -0.210. The maximum atomic E-state index is 11.7. The molecule has 3 rings (SSSR count). The fourth-order valence-corrected chi connectivity index (χ4v) is 3.75. The number of rotatable bonds is 10. The van der Waals surface area contributed by atoms with Gasteiger partial charge in [0.25, 0.3) is 5.91 Å². The number of aromatic nitrogens is 1. The van der Waals surface area contributed by atoms with E-state index in [0.717, 1.165) is 22.5 Å². The molecule has 0 aliphatic carbocycles. The van der Waals surface area contributed by atoms with Crippen LogP contribution in [-0.2, 0) is 4.79 Å². The second-order valence-corrected chi connectivity index (χ2v) is 7.65. The minimum absolute atomic E-state index is 0.0948. The van der Waals surface area contributed by atoms with Crippen LogP contribution < -0.4 is 14.8 Å². The largest absolute Gasteiger partial charge is 0.490 e. The van der Waals surface area contributed by atoms with E-state index in [4.69, 9.17) is 9.47 Å². The second kappa shape index (κ2) is 11.1. The second-order valence-electron chi connectivity index (χ2n) is 6.62. The number of hydrogen-bond acceptors (Lipinski definition) is 6. The van der Waals surface area contributed by atoms with Crippen LogP contribution in [0.1, 0.15) is 34.1 Å². The summed E-state index contributed by atoms with van der Waals surface area (Å²) in [5.41, 5.74) is 2.03. The predicted molar refractivity (Wildman–Crippen MR) is 125 cm³/mol. The van der Waals surface area contributed by atoms with Crippen molar-refractivity contribution in [3.63, 3.8) is 0 Å². The van der Waals surface area contributed by atoms with E-state index in [9.17, 15) is 14.7 Å². The van der Waals surface area contributed by atoms with E-state index in [1.54, 1.807) is 18.2 Å². The summed E-state index contributed by atoms with van der Waals surface area (Å²) in [6.07, 6.45) is 3.60. The van der Waals surface area contributed by atoms with Gasteiger partial charge in [-0.05, 0) is 37.6 Å². The fraction of sp³-hybridized carbons (Fsp3) is 0.208. The molecule has 0 saturated carbocycles. The molecule has 0 fully saturated rings. The van der Waals surface area contributed by atoms with Crippen molar-refractivity contribution < 1.29 is 24.2 Å². The Morgan fingerprint density at radius 2 is 1.84 bits per heavy atom. The number of carboxylic acid groups (broad SMARTS) is 1. The van der Waals surface area contributed by atoms with E-state index >= 15 is 0 Å². The summed E-state index contributed by atoms with van der Waals surface area (Å²) in [7, 11) is 0. The van der Waals surface area contributed by atoms with Crippen LogP contribution in [0, 0.1) is 0 Å². The first-order valence-corrected chi connectivity index (χ1v) is 11.0. The zero-order chi connectivity index (χ0) is 22.9. The molecule has 2 N–H and O–H groups in total. The summed E-state index contributed by atoms with van der Waals surface area (Å²) in [5, 5.41) is 12.8. The lowest BCUT2D eigenvalue weighted by Crippen LogP contribution is -2.28. The number of carbonyl (C=O) groups is 2. The molecule has 0 unspecified atom stereocenters. The molecule has 0 saturated heterocycles. The van der Waals surface area contributed by atoms with E-state index in [1.165, 1.54) is 0 Å². The van der Waals surface area contributed by atoms with Crippen molar-refractivity contribution in [3.05, 3.63) is 64.0 Å². The van der Waals surface area contributed by atoms with Crippen LogP contribution in [0.5, 0.6) is 11.5 Å². The molecule has 1 amide bonds. The molecule has 0 atom stereocenters. The fourth-order valence-electron chi connectivity index (χ4n) is 2.92. The first-order chi connectivity index (χ1) is 15.5. The van der Waals surface area contributed by atoms with Gasteiger partial charge in [0.15, 0.2) is 18.1 Å². The van der Waals surface area contributed by atoms with Gasteiger partial charge < -0.3 is 19.9 Å². The molecule has 8 heteroatoms. The number of likely N-dealkylation sites (N-methyl/N-ethyl adjacent to an activating group) is 1. The minimum atomic E-state index is -1.01. The maximum absolute atomic E-state index is 11.7. The van der Waals surface area contributed by atoms with Gasteiger partial charge >= 0.3 is 5.97 Å². The van der Waals surface area contributed by atoms with Gasteiger partial charge in [-0.15, -0.1) is 11.3 Å². The predicted octanol–water partition coefficient (Wildman–Crippen LogP) is 4.59. The van der Waals surface area contributed by atoms with Crippen molar-refractivity contribution in [1.29, 1.82) is 0 Å². The SMILES string of the molecule is CCNC(=O)COc1ccc(/C=C/c2nc(-c3ccccc3)c(C(=O)O)s2)cc1OCC. The van der Waals surface area contributed by atoms with Crippen molar-refractivity contribution in [2.24, 2.45) is 0 Å². The molecule has 3 aromatic rings. The molecule has 0 spiro atoms. The Bertz CT molecular complexity index is 1110. The lowest BCUT2D eigenvalue weighted by atomic mass is 10.1. The average Bonchev–Trinajstić information content (AvgIpc) is 3.23. The zero-order valence-corrected chi connectivity index (χ0v) is 18.6. The van der Waals surface area contributed by atoms with Crippen LogP contribution in [0.25, 0.3) is 23.4 Å². The molecule has 0 bridgehead atoms. The summed E-state index contributed by atoms with van der Waals surface area (Å²) < 4.78 is 11.2. The van der Waals surface area contributed by atoms with Crippen LogP contribution in [0.15, 0.2) is 48.5 Å². The first kappa shape index (κ1) is 23.0. The highest BCUT2D eigenvalue weighted by atomic mass is 32.1. The van der Waals surface area contributed by atoms with Gasteiger partial charge in [0.2, 0.25) is 0 Å². The van der Waals surface area contributed by atoms with Crippen molar-refractivity contribution in [2.75, 3.05) is 19.8 Å². The van der Waals surface area contributed by atoms with E-state index in [-0.39, 0.29) is 17.4 Å². The number of carboxylic acids is 1. The minimum Gasteiger partial charge on any atom is -0.490 e. The number of nitrogens with one attached hydrogen (secondary N) is 1. The number of benzene rings is 2. The first-order valence-electron chi connectivity index (χ1n) is 10.2. The van der Waals surface area contributed by atoms with Gasteiger partial charge in [-0.3, -0.25) is 4.79 Å². The third-order valence-corrected chi connectivity index (χ3v) is 5.31. The Labute approximate surface area is 190 Å². The smallest absolute Gasteiger partial charge is 0.348 e. The molecule has 166 valence electrons. The van der Waals surface area contributed by atoms with Crippen molar-refractivity contribution in [2.45, 2.75) is 13.8 Å². The summed E-state index contributed by atoms with van der Waals surface area (Å²) >= 11 is 1.12. The van der Waals surface area contributed by atoms with E-state index in [1.807, 2.05) is 56.3 Å². The highest BCUT2D eigenvalue weighted by molar-refractivity contribution is 7.15. The number of aromatic carboxylic acids is 1. The zero-order valence-electron chi connectivity index (χ0n) is 17.8. The van der Waals surface area contributed by atoms with Gasteiger partial charge in [0, 0.05) is 12.1 Å². The maximum Gasteiger partial charge on any atom is 0.348 e. The quantitative estimate of drug-likeness (QED) is 0.467. The number of thiazole rings is 1. The van der Waals surface area contributed by atoms with E-state index in [2.05, 4.69) is 10.3 Å². The monoisotopic (exact) mass is 452 g/mol. The van der Waals surface area contributed by atoms with Crippen LogP contribution in [-0.4, -0.2) is 41.7 Å². The highest BCUT2D eigenvalue weighted by Gasteiger charge is 2.17. The third-order valence-electron chi connectivity index (χ3n) is 4.30. The lowest BCUT2D eigenvalue weighted by molar-refractivity contribution is -0.123. The Morgan fingerprint density at radius 3 is 2.53 bits per heavy atom. The van der Waals surface area contributed by atoms with Crippen molar-refractivity contribution >= 4 is 35.4 Å². The number of ether oxygens (including phenoxy) is 2. The standard InChI is InChI=1S/C24H24N2O5S/c1-3-25-20(27)15-31-18-12-10-16(14-19(18)30-4-2)11-13-21-26-22(23(32-21)24(28)29)17-8-6-5-7-9-17/h5-14H,3-4,15H2,1-2H3,(H,25,27)(H,28,29)/b13-11+. The molecule has 7 nitrogen and oxygen atoms in total. The molecule has 2 aromatic carbocycles. The van der Waals surface area contributed by atoms with Crippen LogP contribution in [0.3, 0.4) is 0 Å². The van der Waals surface area contributed by atoms with Crippen LogP contribution in [0.4, 0.5) is 0 Å². The number of carbonyl (C=O) groups excluding carboxylic acids is 1. The topological polar surface area (TPSA) is 97.8 Å². The molecule has 0 radical (unpaired) electrons. The molecular weight excluding hydrogens is 428 g/mol. The van der Waals surface area contributed by atoms with Gasteiger partial charge in [0.05, 0.1) is 12.3 Å². The third kappa shape index (κ3) is 5.95. The Balaban J connectivity index is 1.82. The summed E-state index contributed by atoms with van der Waals surface area (Å²) in [4.78, 5) is 28.0. The van der Waals surface area contributed by atoms with Crippen molar-refractivity contribution in [3.8, 4) is 22.8 Å². The van der Waals surface area contributed by atoms with Crippen molar-refractivity contribution in [1.82, 2.24) is 10.3 Å². The van der Waals surface area contributed by atoms with Crippen LogP contribution in [0.2, 0.25) is 0 Å². The molecule has 1 aromatic heterocycles. The number of amides is 1. The Morgan fingerprint density at radius 1 is 1.06 bits per heavy atom. The Hall–Kier alpha value is -3.65. The normalized spacial score (nSPS) is 10.8. The van der Waals surface area contributed by atoms with Gasteiger partial charge in [-0.2, -0.15) is 0 Å². The lowest BCUT2D eigenvalue weighted by Gasteiger charge is -2.12. The Kier molecular flexibility index (Phi) is 7.99. The molecule has 0 aliphatic rings. The number of hydrogen-bond donors (Lipinski definition) is 2. The molecule has 32 heavy (non-hydrogen) atoms. The van der Waals surface area contributed by atoms with Crippen LogP contribution >= 0.6 is 11.3 Å². The highest BCUT2D eigenvalue weighted by Crippen LogP contribution is 2.31. The average molecular weight is 453 g/mol. The van der Waals surface area contributed by atoms with Gasteiger partial charge in [0.1, 0.15) is 9.88 Å². The number of nitrogens with zero attached hydrogens (tertiary/aromatic N) is 1.